The van der Waals surface area contributed by atoms with E-state index in [1.54, 1.807) is 4.57 Å². The Kier molecular flexibility index (Phi) is 5.32. The summed E-state index contributed by atoms with van der Waals surface area (Å²) in [6, 6.07) is 15.9. The highest BCUT2D eigenvalue weighted by atomic mass is 32.1. The lowest BCUT2D eigenvalue weighted by Crippen LogP contribution is -2.19. The van der Waals surface area contributed by atoms with Crippen molar-refractivity contribution in [3.05, 3.63) is 64.4 Å². The van der Waals surface area contributed by atoms with Crippen LogP contribution in [0.15, 0.2) is 48.5 Å². The molecule has 0 radical (unpaired) electrons. The molecule has 5 nitrogen and oxygen atoms in total. The third-order valence-electron chi connectivity index (χ3n) is 4.17. The third kappa shape index (κ3) is 4.08. The summed E-state index contributed by atoms with van der Waals surface area (Å²) in [6.45, 7) is 6.37. The van der Waals surface area contributed by atoms with Crippen LogP contribution in [0.25, 0.3) is 11.4 Å². The van der Waals surface area contributed by atoms with Crippen molar-refractivity contribution in [3.63, 3.8) is 0 Å². The van der Waals surface area contributed by atoms with Crippen LogP contribution in [-0.4, -0.2) is 20.7 Å². The normalized spacial score (nSPS) is 10.9. The van der Waals surface area contributed by atoms with Crippen LogP contribution in [-0.2, 0) is 11.3 Å². The zero-order chi connectivity index (χ0) is 18.7. The van der Waals surface area contributed by atoms with Gasteiger partial charge in [-0.2, -0.15) is 5.10 Å². The largest absolute Gasteiger partial charge is 0.325 e. The molecule has 0 bridgehead atoms. The van der Waals surface area contributed by atoms with Gasteiger partial charge >= 0.3 is 0 Å². The molecular weight excluding hydrogens is 344 g/mol. The van der Waals surface area contributed by atoms with Gasteiger partial charge in [-0.3, -0.25) is 14.5 Å². The Morgan fingerprint density at radius 1 is 1.23 bits per heavy atom. The summed E-state index contributed by atoms with van der Waals surface area (Å²) in [4.78, 5) is 12.5. The molecule has 0 atom stereocenters. The van der Waals surface area contributed by atoms with Gasteiger partial charge in [0.2, 0.25) is 5.91 Å². The zero-order valence-corrected chi connectivity index (χ0v) is 15.9. The van der Waals surface area contributed by atoms with E-state index in [0.717, 1.165) is 16.8 Å². The maximum absolute atomic E-state index is 12.5. The number of nitrogens with zero attached hydrogens (tertiary/aromatic N) is 2. The molecule has 134 valence electrons. The number of aromatic amines is 1. The zero-order valence-electron chi connectivity index (χ0n) is 15.1. The maximum Gasteiger partial charge on any atom is 0.244 e. The van der Waals surface area contributed by atoms with E-state index in [-0.39, 0.29) is 12.5 Å². The van der Waals surface area contributed by atoms with E-state index >= 15 is 0 Å². The molecule has 0 unspecified atom stereocenters. The molecule has 1 heterocycles. The van der Waals surface area contributed by atoms with Gasteiger partial charge in [0.05, 0.1) is 0 Å². The maximum atomic E-state index is 12.5. The van der Waals surface area contributed by atoms with Gasteiger partial charge in [0, 0.05) is 11.3 Å². The predicted molar refractivity (Wildman–Crippen MR) is 107 cm³/mol. The third-order valence-corrected chi connectivity index (χ3v) is 4.48. The smallest absolute Gasteiger partial charge is 0.244 e. The first-order valence-corrected chi connectivity index (χ1v) is 8.97. The molecule has 1 amide bonds. The Hall–Kier alpha value is -2.73. The Labute approximate surface area is 158 Å². The molecule has 0 aliphatic rings. The summed E-state index contributed by atoms with van der Waals surface area (Å²) >= 11 is 5.31. The minimum Gasteiger partial charge on any atom is -0.325 e. The fraction of sp³-hybridized carbons (Fsp3) is 0.250. The van der Waals surface area contributed by atoms with E-state index in [9.17, 15) is 4.79 Å². The number of carbonyl (C=O) groups is 1. The van der Waals surface area contributed by atoms with Crippen molar-refractivity contribution < 1.29 is 4.79 Å². The van der Waals surface area contributed by atoms with Crippen molar-refractivity contribution in [2.75, 3.05) is 5.32 Å². The van der Waals surface area contributed by atoms with Crippen LogP contribution in [0.1, 0.15) is 30.9 Å². The molecule has 0 aliphatic heterocycles. The van der Waals surface area contributed by atoms with E-state index in [4.69, 9.17) is 12.2 Å². The van der Waals surface area contributed by atoms with Crippen molar-refractivity contribution in [1.82, 2.24) is 14.8 Å². The molecule has 2 N–H and O–H groups in total. The van der Waals surface area contributed by atoms with Gasteiger partial charge in [0.25, 0.3) is 0 Å². The van der Waals surface area contributed by atoms with Crippen LogP contribution >= 0.6 is 12.2 Å². The quantitative estimate of drug-likeness (QED) is 0.645. The fourth-order valence-electron chi connectivity index (χ4n) is 2.79. The molecule has 1 aromatic heterocycles. The lowest BCUT2D eigenvalue weighted by Gasteiger charge is -2.11. The summed E-state index contributed by atoms with van der Waals surface area (Å²) in [5, 5.41) is 10.0. The summed E-state index contributed by atoms with van der Waals surface area (Å²) < 4.78 is 2.14. The first-order chi connectivity index (χ1) is 12.4. The van der Waals surface area contributed by atoms with E-state index in [1.807, 2.05) is 49.4 Å². The molecule has 2 aromatic carbocycles. The Morgan fingerprint density at radius 3 is 2.73 bits per heavy atom. The van der Waals surface area contributed by atoms with Crippen molar-refractivity contribution in [3.8, 4) is 11.4 Å². The molecule has 3 rings (SSSR count). The highest BCUT2D eigenvalue weighted by Crippen LogP contribution is 2.20. The second-order valence-corrected chi connectivity index (χ2v) is 7.02. The fourth-order valence-corrected chi connectivity index (χ4v) is 2.99. The Balaban J connectivity index is 1.81. The van der Waals surface area contributed by atoms with E-state index in [2.05, 4.69) is 35.4 Å². The summed E-state index contributed by atoms with van der Waals surface area (Å²) in [5.74, 6) is 0.921. The minimum absolute atomic E-state index is 0.102. The first-order valence-electron chi connectivity index (χ1n) is 8.56. The second kappa shape index (κ2) is 7.66. The molecule has 26 heavy (non-hydrogen) atoms. The van der Waals surface area contributed by atoms with Crippen molar-refractivity contribution in [2.24, 2.45) is 0 Å². The number of aromatic nitrogens is 3. The number of aryl methyl sites for hydroxylation is 1. The number of carbonyl (C=O) groups excluding carboxylic acids is 1. The van der Waals surface area contributed by atoms with Gasteiger partial charge in [-0.15, -0.1) is 0 Å². The number of anilines is 1. The van der Waals surface area contributed by atoms with Gasteiger partial charge in [-0.1, -0.05) is 49.7 Å². The molecule has 0 aliphatic carbocycles. The standard InChI is InChI=1S/C20H22N4OS/c1-13(2)15-7-5-9-17(11-15)21-18(25)12-24-19(22-23-20(24)26)16-8-4-6-14(3)10-16/h4-11,13H,12H2,1-3H3,(H,21,25)(H,23,26). The van der Waals surface area contributed by atoms with Gasteiger partial charge in [0.15, 0.2) is 10.6 Å². The first kappa shape index (κ1) is 18.1. The average molecular weight is 366 g/mol. The molecule has 0 saturated carbocycles. The number of H-pyrrole nitrogens is 1. The SMILES string of the molecule is Cc1cccc(-c2n[nH]c(=S)n2CC(=O)Nc2cccc(C(C)C)c2)c1. The van der Waals surface area contributed by atoms with Crippen LogP contribution in [0.5, 0.6) is 0 Å². The van der Waals surface area contributed by atoms with Crippen molar-refractivity contribution >= 4 is 23.8 Å². The molecular formula is C20H22N4OS. The van der Waals surface area contributed by atoms with Crippen LogP contribution in [0.2, 0.25) is 0 Å². The topological polar surface area (TPSA) is 62.7 Å². The van der Waals surface area contributed by atoms with Gasteiger partial charge in [0.1, 0.15) is 6.54 Å². The number of nitrogens with one attached hydrogen (secondary N) is 2. The van der Waals surface area contributed by atoms with Gasteiger partial charge in [-0.05, 0) is 48.8 Å². The van der Waals surface area contributed by atoms with Crippen molar-refractivity contribution in [2.45, 2.75) is 33.2 Å². The molecule has 0 fully saturated rings. The van der Waals surface area contributed by atoms with Gasteiger partial charge < -0.3 is 5.32 Å². The lowest BCUT2D eigenvalue weighted by atomic mass is 10.0. The number of benzene rings is 2. The van der Waals surface area contributed by atoms with Crippen LogP contribution in [0.4, 0.5) is 5.69 Å². The van der Waals surface area contributed by atoms with Crippen LogP contribution in [0, 0.1) is 11.7 Å². The summed E-state index contributed by atoms with van der Waals surface area (Å²) in [6.07, 6.45) is 0. The summed E-state index contributed by atoms with van der Waals surface area (Å²) in [5.41, 5.74) is 4.02. The van der Waals surface area contributed by atoms with E-state index in [0.29, 0.717) is 16.5 Å². The van der Waals surface area contributed by atoms with E-state index < -0.39 is 0 Å². The number of amides is 1. The molecule has 0 spiro atoms. The van der Waals surface area contributed by atoms with Crippen molar-refractivity contribution in [1.29, 1.82) is 0 Å². The van der Waals surface area contributed by atoms with Crippen LogP contribution < -0.4 is 5.32 Å². The highest BCUT2D eigenvalue weighted by molar-refractivity contribution is 7.71. The number of hydrogen-bond acceptors (Lipinski definition) is 3. The minimum atomic E-state index is -0.141. The second-order valence-electron chi connectivity index (χ2n) is 6.64. The molecule has 0 saturated heterocycles. The van der Waals surface area contributed by atoms with Crippen LogP contribution in [0.3, 0.4) is 0 Å². The number of rotatable bonds is 5. The van der Waals surface area contributed by atoms with E-state index in [1.165, 1.54) is 5.56 Å². The van der Waals surface area contributed by atoms with Gasteiger partial charge in [-0.25, -0.2) is 0 Å². The highest BCUT2D eigenvalue weighted by Gasteiger charge is 2.13. The summed E-state index contributed by atoms with van der Waals surface area (Å²) in [7, 11) is 0. The molecule has 6 heteroatoms. The Bertz CT molecular complexity index is 987. The number of hydrogen-bond donors (Lipinski definition) is 2. The average Bonchev–Trinajstić information content (AvgIpc) is 2.95. The lowest BCUT2D eigenvalue weighted by molar-refractivity contribution is -0.116. The predicted octanol–water partition coefficient (Wildman–Crippen LogP) is 4.68. The Morgan fingerprint density at radius 2 is 2.00 bits per heavy atom. The molecule has 3 aromatic rings. The monoisotopic (exact) mass is 366 g/mol.